The van der Waals surface area contributed by atoms with Crippen LogP contribution in [-0.2, 0) is 0 Å². The Kier molecular flexibility index (Phi) is 2.63. The molecule has 1 aromatic carbocycles. The van der Waals surface area contributed by atoms with Crippen molar-refractivity contribution in [1.29, 1.82) is 0 Å². The molecule has 3 rings (SSSR count). The van der Waals surface area contributed by atoms with Crippen LogP contribution in [0.15, 0.2) is 22.6 Å². The Morgan fingerprint density at radius 1 is 1.32 bits per heavy atom. The molecule has 0 radical (unpaired) electrons. The maximum absolute atomic E-state index is 11.0. The van der Waals surface area contributed by atoms with Crippen LogP contribution in [-0.4, -0.2) is 29.3 Å². The Balaban J connectivity index is 2.12. The summed E-state index contributed by atoms with van der Waals surface area (Å²) in [6.45, 7) is 2.49. The van der Waals surface area contributed by atoms with Crippen LogP contribution in [0, 0.1) is 6.92 Å². The van der Waals surface area contributed by atoms with Crippen LogP contribution in [0.3, 0.4) is 0 Å². The van der Waals surface area contributed by atoms with Crippen LogP contribution in [0.25, 0.3) is 11.5 Å². The molecule has 2 heterocycles. The van der Waals surface area contributed by atoms with E-state index in [1.165, 1.54) is 0 Å². The SMILES string of the molecule is Cc1oc(-c2cccc3c2OCCO3)nc1C(=O)O. The zero-order chi connectivity index (χ0) is 13.4. The fourth-order valence-corrected chi connectivity index (χ4v) is 1.95. The van der Waals surface area contributed by atoms with Gasteiger partial charge in [0.05, 0.1) is 5.56 Å². The summed E-state index contributed by atoms with van der Waals surface area (Å²) in [7, 11) is 0. The summed E-state index contributed by atoms with van der Waals surface area (Å²) in [6, 6.07) is 5.32. The van der Waals surface area contributed by atoms with Crippen molar-refractivity contribution in [2.75, 3.05) is 13.2 Å². The second kappa shape index (κ2) is 4.31. The molecule has 0 unspecified atom stereocenters. The van der Waals surface area contributed by atoms with E-state index in [-0.39, 0.29) is 17.3 Å². The summed E-state index contributed by atoms with van der Waals surface area (Å²) in [5.74, 6) is 0.506. The predicted octanol–water partition coefficient (Wildman–Crippen LogP) is 2.12. The molecule has 0 saturated heterocycles. The van der Waals surface area contributed by atoms with E-state index in [4.69, 9.17) is 19.0 Å². The molecule has 0 saturated carbocycles. The van der Waals surface area contributed by atoms with Crippen molar-refractivity contribution in [2.45, 2.75) is 6.92 Å². The second-order valence-corrected chi connectivity index (χ2v) is 4.06. The Bertz CT molecular complexity index is 646. The molecule has 0 aliphatic carbocycles. The lowest BCUT2D eigenvalue weighted by atomic mass is 10.1. The minimum absolute atomic E-state index is 0.0932. The third-order valence-electron chi connectivity index (χ3n) is 2.80. The lowest BCUT2D eigenvalue weighted by molar-refractivity contribution is 0.0689. The first-order valence-corrected chi connectivity index (χ1v) is 5.76. The van der Waals surface area contributed by atoms with Gasteiger partial charge < -0.3 is 19.0 Å². The van der Waals surface area contributed by atoms with Gasteiger partial charge in [-0.1, -0.05) is 6.07 Å². The van der Waals surface area contributed by atoms with Crippen molar-refractivity contribution in [3.8, 4) is 23.0 Å². The summed E-state index contributed by atoms with van der Waals surface area (Å²) in [5.41, 5.74) is 0.497. The Morgan fingerprint density at radius 2 is 2.11 bits per heavy atom. The lowest BCUT2D eigenvalue weighted by Gasteiger charge is -2.19. The second-order valence-electron chi connectivity index (χ2n) is 4.06. The smallest absolute Gasteiger partial charge is 0.358 e. The Morgan fingerprint density at radius 3 is 2.84 bits per heavy atom. The normalized spacial score (nSPS) is 13.3. The van der Waals surface area contributed by atoms with E-state index in [2.05, 4.69) is 4.98 Å². The monoisotopic (exact) mass is 261 g/mol. The van der Waals surface area contributed by atoms with Gasteiger partial charge in [-0.2, -0.15) is 0 Å². The van der Waals surface area contributed by atoms with E-state index in [1.807, 2.05) is 0 Å². The standard InChI is InChI=1S/C13H11NO5/c1-7-10(13(15)16)14-12(19-7)8-3-2-4-9-11(8)18-6-5-17-9/h2-4H,5-6H2,1H3,(H,15,16). The van der Waals surface area contributed by atoms with E-state index in [0.717, 1.165) is 0 Å². The number of hydrogen-bond acceptors (Lipinski definition) is 5. The van der Waals surface area contributed by atoms with E-state index < -0.39 is 5.97 Å². The molecule has 0 spiro atoms. The van der Waals surface area contributed by atoms with Gasteiger partial charge in [0.15, 0.2) is 17.2 Å². The molecule has 98 valence electrons. The molecule has 6 nitrogen and oxygen atoms in total. The highest BCUT2D eigenvalue weighted by Gasteiger charge is 2.23. The van der Waals surface area contributed by atoms with Crippen LogP contribution >= 0.6 is 0 Å². The average molecular weight is 261 g/mol. The Labute approximate surface area is 108 Å². The van der Waals surface area contributed by atoms with Crippen LogP contribution < -0.4 is 9.47 Å². The number of hydrogen-bond donors (Lipinski definition) is 1. The maximum atomic E-state index is 11.0. The number of aromatic carboxylic acids is 1. The highest BCUT2D eigenvalue weighted by atomic mass is 16.6. The number of fused-ring (bicyclic) bond motifs is 1. The molecule has 1 aromatic heterocycles. The average Bonchev–Trinajstić information content (AvgIpc) is 2.80. The van der Waals surface area contributed by atoms with Crippen LogP contribution in [0.1, 0.15) is 16.2 Å². The summed E-state index contributed by atoms with van der Waals surface area (Å²) >= 11 is 0. The minimum Gasteiger partial charge on any atom is -0.486 e. The van der Waals surface area contributed by atoms with Gasteiger partial charge in [0.1, 0.15) is 19.0 Å². The molecule has 19 heavy (non-hydrogen) atoms. The fraction of sp³-hybridized carbons (Fsp3) is 0.231. The number of carboxylic acid groups (broad SMARTS) is 1. The minimum atomic E-state index is -1.12. The molecule has 1 aliphatic heterocycles. The molecule has 1 aliphatic rings. The van der Waals surface area contributed by atoms with Crippen molar-refractivity contribution < 1.29 is 23.8 Å². The first-order chi connectivity index (χ1) is 9.16. The molecular weight excluding hydrogens is 250 g/mol. The van der Waals surface area contributed by atoms with E-state index in [1.54, 1.807) is 25.1 Å². The zero-order valence-corrected chi connectivity index (χ0v) is 10.2. The summed E-state index contributed by atoms with van der Waals surface area (Å²) in [4.78, 5) is 15.0. The third-order valence-corrected chi connectivity index (χ3v) is 2.80. The van der Waals surface area contributed by atoms with Gasteiger partial charge in [-0.3, -0.25) is 0 Å². The number of nitrogens with zero attached hydrogens (tertiary/aromatic N) is 1. The first-order valence-electron chi connectivity index (χ1n) is 5.76. The van der Waals surface area contributed by atoms with E-state index >= 15 is 0 Å². The quantitative estimate of drug-likeness (QED) is 0.891. The van der Waals surface area contributed by atoms with E-state index in [0.29, 0.717) is 30.3 Å². The lowest BCUT2D eigenvalue weighted by Crippen LogP contribution is -2.15. The number of para-hydroxylation sites is 1. The largest absolute Gasteiger partial charge is 0.486 e. The highest BCUT2D eigenvalue weighted by Crippen LogP contribution is 2.39. The topological polar surface area (TPSA) is 81.8 Å². The van der Waals surface area contributed by atoms with Crippen molar-refractivity contribution >= 4 is 5.97 Å². The number of aryl methyl sites for hydroxylation is 1. The van der Waals surface area contributed by atoms with Crippen molar-refractivity contribution in [3.05, 3.63) is 29.7 Å². The number of rotatable bonds is 2. The number of carboxylic acids is 1. The van der Waals surface area contributed by atoms with Crippen molar-refractivity contribution in [2.24, 2.45) is 0 Å². The van der Waals surface area contributed by atoms with Gasteiger partial charge in [0, 0.05) is 0 Å². The number of oxazole rings is 1. The van der Waals surface area contributed by atoms with E-state index in [9.17, 15) is 4.79 Å². The molecule has 2 aromatic rings. The van der Waals surface area contributed by atoms with Crippen molar-refractivity contribution in [1.82, 2.24) is 4.98 Å². The molecule has 1 N–H and O–H groups in total. The fourth-order valence-electron chi connectivity index (χ4n) is 1.95. The number of benzene rings is 1. The van der Waals surface area contributed by atoms with Gasteiger partial charge in [-0.25, -0.2) is 9.78 Å². The zero-order valence-electron chi connectivity index (χ0n) is 10.2. The number of ether oxygens (including phenoxy) is 2. The van der Waals surface area contributed by atoms with Crippen LogP contribution in [0.4, 0.5) is 0 Å². The summed E-state index contributed by atoms with van der Waals surface area (Å²) < 4.78 is 16.4. The molecule has 0 atom stereocenters. The van der Waals surface area contributed by atoms with Crippen LogP contribution in [0.5, 0.6) is 11.5 Å². The first kappa shape index (κ1) is 11.6. The Hall–Kier alpha value is -2.50. The number of carbonyl (C=O) groups is 1. The number of aromatic nitrogens is 1. The predicted molar refractivity (Wildman–Crippen MR) is 64.6 cm³/mol. The highest BCUT2D eigenvalue weighted by molar-refractivity contribution is 5.87. The van der Waals surface area contributed by atoms with Gasteiger partial charge in [0.2, 0.25) is 5.89 Å². The van der Waals surface area contributed by atoms with Gasteiger partial charge in [0.25, 0.3) is 0 Å². The third kappa shape index (κ3) is 1.91. The van der Waals surface area contributed by atoms with Gasteiger partial charge in [-0.15, -0.1) is 0 Å². The maximum Gasteiger partial charge on any atom is 0.358 e. The molecular formula is C13H11NO5. The molecule has 0 amide bonds. The van der Waals surface area contributed by atoms with Gasteiger partial charge >= 0.3 is 5.97 Å². The van der Waals surface area contributed by atoms with Crippen molar-refractivity contribution in [3.63, 3.8) is 0 Å². The van der Waals surface area contributed by atoms with Crippen LogP contribution in [0.2, 0.25) is 0 Å². The summed E-state index contributed by atoms with van der Waals surface area (Å²) in [5, 5.41) is 8.99. The molecule has 6 heteroatoms. The molecule has 0 fully saturated rings. The van der Waals surface area contributed by atoms with Gasteiger partial charge in [-0.05, 0) is 19.1 Å². The molecule has 0 bridgehead atoms. The summed E-state index contributed by atoms with van der Waals surface area (Å²) in [6.07, 6.45) is 0.